The number of aryl methyl sites for hydroxylation is 1. The maximum absolute atomic E-state index is 12.2. The highest BCUT2D eigenvalue weighted by atomic mass is 35.5. The van der Waals surface area contributed by atoms with Crippen LogP contribution >= 0.6 is 31.4 Å². The minimum Gasteiger partial charge on any atom is -0.489 e. The number of halogens is 1. The summed E-state index contributed by atoms with van der Waals surface area (Å²) in [5.74, 6) is 0.819. The quantitative estimate of drug-likeness (QED) is 0.217. The molecule has 37 heavy (non-hydrogen) atoms. The van der Waals surface area contributed by atoms with Gasteiger partial charge >= 0.3 is 14.1 Å². The molecule has 1 aliphatic heterocycles. The molecule has 1 aliphatic rings. The van der Waals surface area contributed by atoms with Crippen molar-refractivity contribution in [1.29, 1.82) is 0 Å². The maximum Gasteiger partial charge on any atom is 0.510 e. The molecule has 0 bridgehead atoms. The Hall–Kier alpha value is -2.57. The van der Waals surface area contributed by atoms with Crippen molar-refractivity contribution in [1.82, 2.24) is 5.32 Å². The Labute approximate surface area is 227 Å². The average Bonchev–Trinajstić information content (AvgIpc) is 3.25. The fourth-order valence-corrected chi connectivity index (χ4v) is 6.59. The number of ether oxygens (including phenoxy) is 2. The summed E-state index contributed by atoms with van der Waals surface area (Å²) in [6.07, 6.45) is 1.87. The minimum absolute atomic E-state index is 0.192. The van der Waals surface area contributed by atoms with Crippen molar-refractivity contribution < 1.29 is 23.4 Å². The van der Waals surface area contributed by atoms with Gasteiger partial charge in [0.25, 0.3) is 0 Å². The monoisotopic (exact) mass is 558 g/mol. The van der Waals surface area contributed by atoms with E-state index in [0.717, 1.165) is 39.5 Å². The maximum atomic E-state index is 12.2. The number of hydrogen-bond donors (Lipinski definition) is 1. The molecule has 1 saturated heterocycles. The van der Waals surface area contributed by atoms with E-state index in [2.05, 4.69) is 11.4 Å². The number of nitrogens with one attached hydrogen (secondary N) is 1. The van der Waals surface area contributed by atoms with E-state index in [1.807, 2.05) is 66.7 Å². The Morgan fingerprint density at radius 3 is 2.62 bits per heavy atom. The number of alkyl carbamates (subject to hydrolysis) is 1. The van der Waals surface area contributed by atoms with E-state index in [-0.39, 0.29) is 12.8 Å². The zero-order valence-electron chi connectivity index (χ0n) is 20.7. The van der Waals surface area contributed by atoms with Gasteiger partial charge in [0.15, 0.2) is 0 Å². The third-order valence-electron chi connectivity index (χ3n) is 5.97. The predicted octanol–water partition coefficient (Wildman–Crippen LogP) is 7.65. The number of carbonyl (C=O) groups excluding carboxylic acids is 1. The molecule has 0 aromatic heterocycles. The van der Waals surface area contributed by atoms with Crippen molar-refractivity contribution in [2.24, 2.45) is 0 Å². The van der Waals surface area contributed by atoms with Crippen molar-refractivity contribution >= 4 is 37.5 Å². The van der Waals surface area contributed by atoms with E-state index in [0.29, 0.717) is 24.7 Å². The van der Waals surface area contributed by atoms with Crippen molar-refractivity contribution in [2.75, 3.05) is 19.4 Å². The van der Waals surface area contributed by atoms with Crippen molar-refractivity contribution in [3.8, 4) is 5.75 Å². The lowest BCUT2D eigenvalue weighted by atomic mass is 9.95. The lowest BCUT2D eigenvalue weighted by Crippen LogP contribution is -2.46. The molecule has 6 nitrogen and oxygen atoms in total. The van der Waals surface area contributed by atoms with Gasteiger partial charge in [-0.1, -0.05) is 65.8 Å². The standard InChI is InChI=1S/C28H29ClNO5PS/c1-2-35-36(32)20-28(19-34-27(31)30-28)15-7-10-22-13-14-25(17-26(22)29)37-24-12-6-11-23(16-24)33-18-21-8-4-3-5-9-21/h3-6,8-9,11-14,16-17H,2,7,10,15,18-20H2,1H3/p+1. The van der Waals surface area contributed by atoms with Crippen molar-refractivity contribution in [2.45, 2.75) is 48.1 Å². The van der Waals surface area contributed by atoms with Crippen LogP contribution in [-0.4, -0.2) is 31.0 Å². The van der Waals surface area contributed by atoms with E-state index >= 15 is 0 Å². The van der Waals surface area contributed by atoms with Crippen LogP contribution in [0.25, 0.3) is 0 Å². The van der Waals surface area contributed by atoms with Crippen LogP contribution in [0.5, 0.6) is 5.75 Å². The Morgan fingerprint density at radius 2 is 1.89 bits per heavy atom. The van der Waals surface area contributed by atoms with Gasteiger partial charge in [0.05, 0.1) is 6.61 Å². The fourth-order valence-electron chi connectivity index (χ4n) is 4.14. The highest BCUT2D eigenvalue weighted by molar-refractivity contribution is 7.99. The second kappa shape index (κ2) is 13.3. The molecule has 1 heterocycles. The SMILES string of the molecule is CCO[P+](=O)CC1(CCCc2ccc(Sc3cccc(OCc4ccccc4)c3)cc2Cl)COC(=O)N1. The normalized spacial score (nSPS) is 17.2. The Kier molecular flexibility index (Phi) is 9.87. The number of hydrogen-bond acceptors (Lipinski definition) is 6. The summed E-state index contributed by atoms with van der Waals surface area (Å²) in [6, 6.07) is 24.2. The summed E-state index contributed by atoms with van der Waals surface area (Å²) in [7, 11) is -1.86. The Bertz CT molecular complexity index is 1230. The van der Waals surface area contributed by atoms with Crippen molar-refractivity contribution in [3.05, 3.63) is 88.9 Å². The summed E-state index contributed by atoms with van der Waals surface area (Å²) in [4.78, 5) is 13.8. The van der Waals surface area contributed by atoms with Gasteiger partial charge < -0.3 is 14.8 Å². The Balaban J connectivity index is 1.32. The smallest absolute Gasteiger partial charge is 0.489 e. The first-order valence-corrected chi connectivity index (χ1v) is 14.8. The molecule has 2 unspecified atom stereocenters. The van der Waals surface area contributed by atoms with Crippen LogP contribution in [0.4, 0.5) is 4.79 Å². The van der Waals surface area contributed by atoms with E-state index in [4.69, 9.17) is 25.6 Å². The van der Waals surface area contributed by atoms with E-state index in [1.165, 1.54) is 0 Å². The van der Waals surface area contributed by atoms with E-state index in [1.54, 1.807) is 18.7 Å². The fraction of sp³-hybridized carbons (Fsp3) is 0.321. The molecule has 194 valence electrons. The molecule has 3 aromatic carbocycles. The summed E-state index contributed by atoms with van der Waals surface area (Å²) < 4.78 is 28.5. The topological polar surface area (TPSA) is 73.9 Å². The third-order valence-corrected chi connectivity index (χ3v) is 8.71. The summed E-state index contributed by atoms with van der Waals surface area (Å²) >= 11 is 8.25. The third kappa shape index (κ3) is 8.21. The zero-order valence-corrected chi connectivity index (χ0v) is 23.1. The molecule has 0 aliphatic carbocycles. The van der Waals surface area contributed by atoms with Gasteiger partial charge in [0.1, 0.15) is 24.5 Å². The van der Waals surface area contributed by atoms with E-state index < -0.39 is 19.7 Å². The van der Waals surface area contributed by atoms with Gasteiger partial charge in [0.2, 0.25) is 6.16 Å². The van der Waals surface area contributed by atoms with Crippen LogP contribution in [0.1, 0.15) is 30.9 Å². The molecule has 1 fully saturated rings. The lowest BCUT2D eigenvalue weighted by molar-refractivity contribution is 0.172. The summed E-state index contributed by atoms with van der Waals surface area (Å²) in [5.41, 5.74) is 1.48. The first-order chi connectivity index (χ1) is 17.9. The average molecular weight is 559 g/mol. The molecular formula is C28H30ClNO5PS+. The highest BCUT2D eigenvalue weighted by Gasteiger charge is 2.46. The molecule has 4 rings (SSSR count). The number of amides is 1. The number of cyclic esters (lactones) is 1. The second-order valence-corrected chi connectivity index (χ2v) is 11.6. The summed E-state index contributed by atoms with van der Waals surface area (Å²) in [5, 5.41) is 3.54. The lowest BCUT2D eigenvalue weighted by Gasteiger charge is -2.21. The number of carbonyl (C=O) groups is 1. The summed E-state index contributed by atoms with van der Waals surface area (Å²) in [6.45, 7) is 2.88. The Morgan fingerprint density at radius 1 is 1.08 bits per heavy atom. The van der Waals surface area contributed by atoms with Crippen molar-refractivity contribution in [3.63, 3.8) is 0 Å². The van der Waals surface area contributed by atoms with Crippen LogP contribution in [0.3, 0.4) is 0 Å². The molecule has 0 saturated carbocycles. The number of rotatable bonds is 13. The van der Waals surface area contributed by atoms with Gasteiger partial charge in [0, 0.05) is 14.8 Å². The van der Waals surface area contributed by atoms with Gasteiger partial charge in [-0.05, 0) is 72.2 Å². The van der Waals surface area contributed by atoms with E-state index in [9.17, 15) is 9.36 Å². The van der Waals surface area contributed by atoms with Gasteiger partial charge in [-0.15, -0.1) is 4.52 Å². The van der Waals surface area contributed by atoms with Gasteiger partial charge in [-0.3, -0.25) is 0 Å². The first kappa shape index (κ1) is 27.5. The molecule has 1 N–H and O–H groups in total. The molecular weight excluding hydrogens is 529 g/mol. The predicted molar refractivity (Wildman–Crippen MR) is 147 cm³/mol. The van der Waals surface area contributed by atoms with Crippen LogP contribution in [0.15, 0.2) is 82.6 Å². The molecule has 1 amide bonds. The minimum atomic E-state index is -1.86. The molecule has 2 atom stereocenters. The van der Waals surface area contributed by atoms with Crippen LogP contribution < -0.4 is 10.1 Å². The number of benzene rings is 3. The molecule has 3 aromatic rings. The molecule has 9 heteroatoms. The highest BCUT2D eigenvalue weighted by Crippen LogP contribution is 2.35. The van der Waals surface area contributed by atoms with Crippen LogP contribution in [0.2, 0.25) is 5.02 Å². The van der Waals surface area contributed by atoms with Gasteiger partial charge in [-0.25, -0.2) is 4.79 Å². The first-order valence-electron chi connectivity index (χ1n) is 12.2. The largest absolute Gasteiger partial charge is 0.510 e. The second-order valence-electron chi connectivity index (χ2n) is 8.85. The van der Waals surface area contributed by atoms with Crippen LogP contribution in [-0.2, 0) is 26.9 Å². The molecule has 0 radical (unpaired) electrons. The van der Waals surface area contributed by atoms with Gasteiger partial charge in [-0.2, -0.15) is 0 Å². The molecule has 0 spiro atoms. The zero-order chi connectivity index (χ0) is 26.1. The van der Waals surface area contributed by atoms with Crippen LogP contribution in [0, 0.1) is 0 Å².